The molecular formula is C10H14F3NO4S2. The molecule has 0 fully saturated rings. The first-order chi connectivity index (χ1) is 9.15. The van der Waals surface area contributed by atoms with Crippen LogP contribution in [0.1, 0.15) is 10.4 Å². The minimum absolute atomic E-state index is 0.00914. The Hall–Kier alpha value is -0.680. The SMILES string of the molecule is Cc1cc(S(=O)(=O)NCCOCC(F)(F)F)sc1CO. The van der Waals surface area contributed by atoms with E-state index in [0.717, 1.165) is 11.3 Å². The molecule has 2 N–H and O–H groups in total. The number of alkyl halides is 3. The number of halogens is 3. The molecule has 0 aliphatic heterocycles. The number of aliphatic hydroxyl groups is 1. The van der Waals surface area contributed by atoms with Gasteiger partial charge in [-0.05, 0) is 18.6 Å². The molecule has 0 radical (unpaired) electrons. The molecule has 0 aromatic carbocycles. The highest BCUT2D eigenvalue weighted by atomic mass is 32.2. The first kappa shape index (κ1) is 17.4. The Kier molecular flexibility index (Phi) is 5.95. The highest BCUT2D eigenvalue weighted by Gasteiger charge is 2.27. The second-order valence-corrected chi connectivity index (χ2v) is 7.03. The van der Waals surface area contributed by atoms with Crippen molar-refractivity contribution >= 4 is 21.4 Å². The van der Waals surface area contributed by atoms with Gasteiger partial charge in [-0.3, -0.25) is 0 Å². The van der Waals surface area contributed by atoms with Crippen LogP contribution >= 0.6 is 11.3 Å². The third-order valence-electron chi connectivity index (χ3n) is 2.21. The van der Waals surface area contributed by atoms with Gasteiger partial charge in [-0.1, -0.05) is 0 Å². The fourth-order valence-electron chi connectivity index (χ4n) is 1.29. The number of hydrogen-bond acceptors (Lipinski definition) is 5. The van der Waals surface area contributed by atoms with E-state index >= 15 is 0 Å². The fraction of sp³-hybridized carbons (Fsp3) is 0.600. The molecule has 1 aromatic rings. The largest absolute Gasteiger partial charge is 0.411 e. The van der Waals surface area contributed by atoms with Crippen LogP contribution in [-0.4, -0.2) is 39.5 Å². The molecule has 1 heterocycles. The Balaban J connectivity index is 2.49. The summed E-state index contributed by atoms with van der Waals surface area (Å²) in [5.74, 6) is 0. The molecule has 0 aliphatic rings. The van der Waals surface area contributed by atoms with Gasteiger partial charge < -0.3 is 9.84 Å². The fourth-order valence-corrected chi connectivity index (χ4v) is 3.79. The maximum Gasteiger partial charge on any atom is 0.411 e. The van der Waals surface area contributed by atoms with Crippen molar-refractivity contribution in [3.63, 3.8) is 0 Å². The van der Waals surface area contributed by atoms with Crippen molar-refractivity contribution in [1.82, 2.24) is 4.72 Å². The van der Waals surface area contributed by atoms with Gasteiger partial charge in [-0.25, -0.2) is 13.1 Å². The van der Waals surface area contributed by atoms with Gasteiger partial charge in [-0.2, -0.15) is 13.2 Å². The molecule has 0 atom stereocenters. The highest BCUT2D eigenvalue weighted by molar-refractivity contribution is 7.91. The van der Waals surface area contributed by atoms with Gasteiger partial charge in [0.15, 0.2) is 0 Å². The summed E-state index contributed by atoms with van der Waals surface area (Å²) in [5, 5.41) is 8.99. The van der Waals surface area contributed by atoms with Gasteiger partial charge in [-0.15, -0.1) is 11.3 Å². The molecule has 116 valence electrons. The Morgan fingerprint density at radius 3 is 2.60 bits per heavy atom. The Bertz CT molecular complexity index is 539. The minimum atomic E-state index is -4.43. The lowest BCUT2D eigenvalue weighted by molar-refractivity contribution is -0.173. The van der Waals surface area contributed by atoms with Crippen molar-refractivity contribution in [1.29, 1.82) is 0 Å². The Morgan fingerprint density at radius 1 is 1.45 bits per heavy atom. The van der Waals surface area contributed by atoms with E-state index in [0.29, 0.717) is 10.4 Å². The van der Waals surface area contributed by atoms with Crippen molar-refractivity contribution in [3.05, 3.63) is 16.5 Å². The number of sulfonamides is 1. The van der Waals surface area contributed by atoms with Crippen LogP contribution in [0.5, 0.6) is 0 Å². The number of aliphatic hydroxyl groups excluding tert-OH is 1. The molecule has 1 aromatic heterocycles. The lowest BCUT2D eigenvalue weighted by atomic mass is 10.3. The van der Waals surface area contributed by atoms with E-state index < -0.39 is 22.8 Å². The summed E-state index contributed by atoms with van der Waals surface area (Å²) in [7, 11) is -3.79. The average Bonchev–Trinajstić information content (AvgIpc) is 2.69. The Labute approximate surface area is 118 Å². The van der Waals surface area contributed by atoms with E-state index in [-0.39, 0.29) is 24.0 Å². The minimum Gasteiger partial charge on any atom is -0.391 e. The van der Waals surface area contributed by atoms with Crippen LogP contribution in [0.25, 0.3) is 0 Å². The lowest BCUT2D eigenvalue weighted by Gasteiger charge is -2.08. The van der Waals surface area contributed by atoms with Crippen molar-refractivity contribution in [2.24, 2.45) is 0 Å². The number of ether oxygens (including phenoxy) is 1. The van der Waals surface area contributed by atoms with E-state index in [4.69, 9.17) is 5.11 Å². The van der Waals surface area contributed by atoms with Crippen LogP contribution in [0.3, 0.4) is 0 Å². The standard InChI is InChI=1S/C10H14F3NO4S2/c1-7-4-9(19-8(7)5-15)20(16,17)14-2-3-18-6-10(11,12)13/h4,14-15H,2-3,5-6H2,1H3. The number of hydrogen-bond donors (Lipinski definition) is 2. The van der Waals surface area contributed by atoms with Gasteiger partial charge >= 0.3 is 6.18 Å². The summed E-state index contributed by atoms with van der Waals surface area (Å²) in [6.07, 6.45) is -4.43. The van der Waals surface area contributed by atoms with E-state index in [1.807, 2.05) is 0 Å². The molecule has 10 heteroatoms. The van der Waals surface area contributed by atoms with E-state index in [1.165, 1.54) is 6.07 Å². The molecule has 0 unspecified atom stereocenters. The highest BCUT2D eigenvalue weighted by Crippen LogP contribution is 2.25. The van der Waals surface area contributed by atoms with Gasteiger partial charge in [0.05, 0.1) is 13.2 Å². The van der Waals surface area contributed by atoms with Gasteiger partial charge in [0.25, 0.3) is 0 Å². The van der Waals surface area contributed by atoms with Crippen LogP contribution in [0.4, 0.5) is 13.2 Å². The van der Waals surface area contributed by atoms with Crippen molar-refractivity contribution < 1.29 is 31.4 Å². The van der Waals surface area contributed by atoms with Crippen molar-refractivity contribution in [2.45, 2.75) is 23.9 Å². The molecular weight excluding hydrogens is 319 g/mol. The maximum absolute atomic E-state index is 11.8. The van der Waals surface area contributed by atoms with Crippen molar-refractivity contribution in [2.75, 3.05) is 19.8 Å². The van der Waals surface area contributed by atoms with Gasteiger partial charge in [0.2, 0.25) is 10.0 Å². The molecule has 0 bridgehead atoms. The molecule has 0 amide bonds. The number of thiophene rings is 1. The summed E-state index contributed by atoms with van der Waals surface area (Å²) in [4.78, 5) is 0.527. The average molecular weight is 333 g/mol. The van der Waals surface area contributed by atoms with Crippen LogP contribution in [0.15, 0.2) is 10.3 Å². The predicted molar refractivity (Wildman–Crippen MR) is 67.0 cm³/mol. The first-order valence-corrected chi connectivity index (χ1v) is 7.80. The topological polar surface area (TPSA) is 75.6 Å². The quantitative estimate of drug-likeness (QED) is 0.740. The monoisotopic (exact) mass is 333 g/mol. The summed E-state index contributed by atoms with van der Waals surface area (Å²) in [6.45, 7) is -0.657. The van der Waals surface area contributed by atoms with E-state index in [2.05, 4.69) is 9.46 Å². The zero-order valence-electron chi connectivity index (χ0n) is 10.5. The van der Waals surface area contributed by atoms with E-state index in [9.17, 15) is 21.6 Å². The molecule has 0 aliphatic carbocycles. The summed E-state index contributed by atoms with van der Waals surface area (Å²) in [5.41, 5.74) is 0.645. The smallest absolute Gasteiger partial charge is 0.391 e. The third-order valence-corrected chi connectivity index (χ3v) is 5.37. The maximum atomic E-state index is 11.8. The zero-order valence-corrected chi connectivity index (χ0v) is 12.2. The number of aryl methyl sites for hydroxylation is 1. The zero-order chi connectivity index (χ0) is 15.4. The van der Waals surface area contributed by atoms with E-state index in [1.54, 1.807) is 6.92 Å². The summed E-state index contributed by atoms with van der Waals surface area (Å²) in [6, 6.07) is 1.40. The molecule has 0 spiro atoms. The number of nitrogens with one attached hydrogen (secondary N) is 1. The van der Waals surface area contributed by atoms with Gasteiger partial charge in [0.1, 0.15) is 10.8 Å². The molecule has 5 nitrogen and oxygen atoms in total. The number of rotatable bonds is 7. The summed E-state index contributed by atoms with van der Waals surface area (Å²) >= 11 is 0.913. The van der Waals surface area contributed by atoms with Crippen LogP contribution in [-0.2, 0) is 21.4 Å². The Morgan fingerprint density at radius 2 is 2.10 bits per heavy atom. The lowest BCUT2D eigenvalue weighted by Crippen LogP contribution is -2.28. The van der Waals surface area contributed by atoms with Gasteiger partial charge in [0, 0.05) is 11.4 Å². The molecule has 20 heavy (non-hydrogen) atoms. The molecule has 1 rings (SSSR count). The molecule has 0 saturated heterocycles. The summed E-state index contributed by atoms with van der Waals surface area (Å²) < 4.78 is 65.4. The molecule has 0 saturated carbocycles. The van der Waals surface area contributed by atoms with Crippen molar-refractivity contribution in [3.8, 4) is 0 Å². The normalized spacial score (nSPS) is 12.8. The second kappa shape index (κ2) is 6.85. The van der Waals surface area contributed by atoms with Crippen LogP contribution in [0.2, 0.25) is 0 Å². The predicted octanol–water partition coefficient (Wildman–Crippen LogP) is 1.41. The first-order valence-electron chi connectivity index (χ1n) is 5.50. The van der Waals surface area contributed by atoms with Crippen LogP contribution < -0.4 is 4.72 Å². The second-order valence-electron chi connectivity index (χ2n) is 3.90. The van der Waals surface area contributed by atoms with Crippen LogP contribution in [0, 0.1) is 6.92 Å². The third kappa shape index (κ3) is 5.37.